The minimum absolute atomic E-state index is 0.224. The Hall–Kier alpha value is -1.62. The average Bonchev–Trinajstić information content (AvgIpc) is 3.16. The number of hydrogen-bond donors (Lipinski definition) is 2. The summed E-state index contributed by atoms with van der Waals surface area (Å²) in [6, 6.07) is 9.45. The standard InChI is InChI=1S/C29H41NO2S/c1-21-11-14-25(31)20-24(21)13-12-23-8-7-18-29(3)27(15-16-28(23)29)22(2)17-19-33(30,32)26-9-5-4-6-10-26/h4-6,9-10,12-13,19,22,25,27-28,31H,1,7-8,11,14-18,20H2,2-3H3,(H2,30,32)/t22?,25-,27?,28?,29+,33?/m0/s1. The van der Waals surface area contributed by atoms with Crippen molar-refractivity contribution in [2.24, 2.45) is 28.3 Å². The van der Waals surface area contributed by atoms with Crippen LogP contribution in [0.25, 0.3) is 0 Å². The first-order chi connectivity index (χ1) is 15.7. The molecular weight excluding hydrogens is 426 g/mol. The van der Waals surface area contributed by atoms with Gasteiger partial charge in [-0.3, -0.25) is 5.14 Å². The highest BCUT2D eigenvalue weighted by Gasteiger charge is 2.50. The van der Waals surface area contributed by atoms with E-state index in [-0.39, 0.29) is 6.10 Å². The lowest BCUT2D eigenvalue weighted by Crippen LogP contribution is -2.36. The number of benzene rings is 1. The highest BCUT2D eigenvalue weighted by atomic mass is 32.2. The van der Waals surface area contributed by atoms with Gasteiger partial charge in [0.05, 0.1) is 15.8 Å². The third kappa shape index (κ3) is 5.23. The van der Waals surface area contributed by atoms with E-state index in [0.29, 0.717) is 23.2 Å². The Bertz CT molecular complexity index is 1050. The largest absolute Gasteiger partial charge is 0.393 e. The van der Waals surface area contributed by atoms with Crippen LogP contribution in [0.5, 0.6) is 0 Å². The summed E-state index contributed by atoms with van der Waals surface area (Å²) in [4.78, 5) is 0.720. The van der Waals surface area contributed by atoms with Crippen LogP contribution in [-0.4, -0.2) is 20.8 Å². The van der Waals surface area contributed by atoms with Gasteiger partial charge in [0, 0.05) is 4.90 Å². The summed E-state index contributed by atoms with van der Waals surface area (Å²) in [5.41, 5.74) is 4.29. The molecule has 0 aromatic heterocycles. The maximum atomic E-state index is 13.1. The molecule has 4 heteroatoms. The molecule has 3 nitrogen and oxygen atoms in total. The van der Waals surface area contributed by atoms with Crippen LogP contribution in [0.2, 0.25) is 0 Å². The monoisotopic (exact) mass is 467 g/mol. The Labute approximate surface area is 201 Å². The maximum Gasteiger partial charge on any atom is 0.0583 e. The SMILES string of the molecule is C=C1CC[C@H](O)CC1=CC=C1CCC[C@@]2(C)C1CCC2C(C)CC=S(N)(=O)c1ccccc1. The fourth-order valence-corrected chi connectivity index (χ4v) is 8.16. The molecular formula is C29H41NO2S. The lowest BCUT2D eigenvalue weighted by atomic mass is 9.61. The Morgan fingerprint density at radius 1 is 1.21 bits per heavy atom. The van der Waals surface area contributed by atoms with Gasteiger partial charge in [-0.25, -0.2) is 4.21 Å². The van der Waals surface area contributed by atoms with E-state index in [1.807, 2.05) is 35.7 Å². The highest BCUT2D eigenvalue weighted by molar-refractivity contribution is 7.99. The second kappa shape index (κ2) is 9.93. The van der Waals surface area contributed by atoms with E-state index in [1.165, 1.54) is 43.3 Å². The van der Waals surface area contributed by atoms with Crippen molar-refractivity contribution in [1.82, 2.24) is 0 Å². The Balaban J connectivity index is 1.50. The molecule has 3 aliphatic rings. The molecule has 0 heterocycles. The van der Waals surface area contributed by atoms with E-state index in [2.05, 4.69) is 32.6 Å². The number of nitrogens with two attached hydrogens (primary N) is 1. The summed E-state index contributed by atoms with van der Waals surface area (Å²) >= 11 is 0. The van der Waals surface area contributed by atoms with Crippen molar-refractivity contribution in [3.05, 3.63) is 65.8 Å². The molecule has 1 aromatic rings. The third-order valence-electron chi connectivity index (χ3n) is 8.74. The zero-order chi connectivity index (χ0) is 23.6. The van der Waals surface area contributed by atoms with Crippen molar-refractivity contribution in [3.63, 3.8) is 0 Å². The molecule has 1 aromatic carbocycles. The second-order valence-corrected chi connectivity index (χ2v) is 13.0. The molecule has 4 unspecified atom stereocenters. The number of allylic oxidation sites excluding steroid dienone is 4. The molecule has 3 N–H and O–H groups in total. The molecule has 0 bridgehead atoms. The lowest BCUT2D eigenvalue weighted by molar-refractivity contribution is 0.100. The van der Waals surface area contributed by atoms with Gasteiger partial charge < -0.3 is 5.11 Å². The maximum absolute atomic E-state index is 13.1. The van der Waals surface area contributed by atoms with Gasteiger partial charge in [0.2, 0.25) is 0 Å². The highest BCUT2D eigenvalue weighted by Crippen LogP contribution is 2.59. The van der Waals surface area contributed by atoms with Crippen molar-refractivity contribution in [1.29, 1.82) is 0 Å². The molecule has 0 amide bonds. The molecule has 0 saturated heterocycles. The third-order valence-corrected chi connectivity index (χ3v) is 10.4. The number of rotatable bonds is 5. The average molecular weight is 468 g/mol. The van der Waals surface area contributed by atoms with Crippen LogP contribution in [0.3, 0.4) is 0 Å². The van der Waals surface area contributed by atoms with Crippen molar-refractivity contribution in [2.45, 2.75) is 82.6 Å². The summed E-state index contributed by atoms with van der Waals surface area (Å²) < 4.78 is 13.1. The molecule has 4 rings (SSSR count). The molecule has 0 spiro atoms. The van der Waals surface area contributed by atoms with Crippen molar-refractivity contribution in [3.8, 4) is 0 Å². The van der Waals surface area contributed by atoms with Gasteiger partial charge in [-0.1, -0.05) is 61.9 Å². The fraction of sp³-hybridized carbons (Fsp3) is 0.552. The molecule has 180 valence electrons. The predicted octanol–water partition coefficient (Wildman–Crippen LogP) is 6.20. The Morgan fingerprint density at radius 3 is 2.73 bits per heavy atom. The zero-order valence-corrected chi connectivity index (χ0v) is 21.2. The van der Waals surface area contributed by atoms with Gasteiger partial charge in [0.1, 0.15) is 0 Å². The number of hydrogen-bond acceptors (Lipinski definition) is 2. The minimum atomic E-state index is -2.60. The van der Waals surface area contributed by atoms with E-state index in [4.69, 9.17) is 5.14 Å². The van der Waals surface area contributed by atoms with Gasteiger partial charge in [-0.2, -0.15) is 0 Å². The van der Waals surface area contributed by atoms with Gasteiger partial charge in [-0.05, 0) is 104 Å². The molecule has 3 saturated carbocycles. The lowest BCUT2D eigenvalue weighted by Gasteiger charge is -2.44. The van der Waals surface area contributed by atoms with Crippen LogP contribution >= 0.6 is 0 Å². The van der Waals surface area contributed by atoms with E-state index >= 15 is 0 Å². The van der Waals surface area contributed by atoms with Crippen molar-refractivity contribution in [2.75, 3.05) is 0 Å². The summed E-state index contributed by atoms with van der Waals surface area (Å²) in [7, 11) is -2.60. The normalized spacial score (nSPS) is 35.3. The molecule has 6 atom stereocenters. The first-order valence-corrected chi connectivity index (χ1v) is 14.4. The minimum Gasteiger partial charge on any atom is -0.393 e. The van der Waals surface area contributed by atoms with Crippen LogP contribution in [-0.2, 0) is 9.71 Å². The summed E-state index contributed by atoms with van der Waals surface area (Å²) in [6.45, 7) is 9.04. The molecule has 3 aliphatic carbocycles. The van der Waals surface area contributed by atoms with Crippen molar-refractivity contribution >= 4 is 15.1 Å². The zero-order valence-electron chi connectivity index (χ0n) is 20.3. The Morgan fingerprint density at radius 2 is 1.97 bits per heavy atom. The topological polar surface area (TPSA) is 63.3 Å². The first-order valence-electron chi connectivity index (χ1n) is 12.7. The number of fused-ring (bicyclic) bond motifs is 1. The molecule has 33 heavy (non-hydrogen) atoms. The number of aliphatic hydroxyl groups is 1. The van der Waals surface area contributed by atoms with E-state index in [9.17, 15) is 9.32 Å². The van der Waals surface area contributed by atoms with Gasteiger partial charge >= 0.3 is 0 Å². The number of aliphatic hydroxyl groups excluding tert-OH is 1. The predicted molar refractivity (Wildman–Crippen MR) is 140 cm³/mol. The van der Waals surface area contributed by atoms with E-state index in [1.54, 1.807) is 5.57 Å². The Kier molecular flexibility index (Phi) is 7.38. The van der Waals surface area contributed by atoms with Crippen LogP contribution in [0.1, 0.15) is 71.6 Å². The van der Waals surface area contributed by atoms with Crippen LogP contribution in [0.15, 0.2) is 70.7 Å². The first kappa shape index (κ1) is 24.5. The molecule has 3 fully saturated rings. The molecule has 0 radical (unpaired) electrons. The molecule has 0 aliphatic heterocycles. The quantitative estimate of drug-likeness (QED) is 0.506. The van der Waals surface area contributed by atoms with Crippen LogP contribution in [0.4, 0.5) is 0 Å². The summed E-state index contributed by atoms with van der Waals surface area (Å²) in [5.74, 6) is 1.69. The smallest absolute Gasteiger partial charge is 0.0583 e. The van der Waals surface area contributed by atoms with Crippen LogP contribution < -0.4 is 5.14 Å². The second-order valence-electron chi connectivity index (χ2n) is 10.9. The van der Waals surface area contributed by atoms with Crippen LogP contribution in [0, 0.1) is 23.2 Å². The van der Waals surface area contributed by atoms with Gasteiger partial charge in [0.15, 0.2) is 0 Å². The van der Waals surface area contributed by atoms with E-state index < -0.39 is 9.71 Å². The summed E-state index contributed by atoms with van der Waals surface area (Å²) in [5, 5.41) is 18.2. The summed E-state index contributed by atoms with van der Waals surface area (Å²) in [6.07, 6.45) is 13.8. The van der Waals surface area contributed by atoms with Crippen molar-refractivity contribution < 1.29 is 9.32 Å². The van der Waals surface area contributed by atoms with E-state index in [0.717, 1.165) is 30.6 Å². The van der Waals surface area contributed by atoms with Gasteiger partial charge in [0.25, 0.3) is 0 Å². The van der Waals surface area contributed by atoms with Gasteiger partial charge in [-0.15, -0.1) is 0 Å². The fourth-order valence-electron chi connectivity index (χ4n) is 6.80.